The van der Waals surface area contributed by atoms with Crippen LogP contribution in [0.25, 0.3) is 16.9 Å². The van der Waals surface area contributed by atoms with E-state index >= 15 is 0 Å². The van der Waals surface area contributed by atoms with Gasteiger partial charge in [-0.15, -0.1) is 0 Å². The first-order chi connectivity index (χ1) is 11.4. The minimum Gasteiger partial charge on any atom is -0.248 e. The van der Waals surface area contributed by atoms with Crippen LogP contribution in [0.15, 0.2) is 79.5 Å². The molecule has 0 saturated heterocycles. The van der Waals surface area contributed by atoms with Crippen LogP contribution in [0, 0.1) is 0 Å². The number of nitrogens with zero attached hydrogens (tertiary/aromatic N) is 5. The second kappa shape index (κ2) is 5.88. The summed E-state index contributed by atoms with van der Waals surface area (Å²) in [6, 6.07) is 20.3. The van der Waals surface area contributed by atoms with Gasteiger partial charge < -0.3 is 0 Å². The second-order valence-electron chi connectivity index (χ2n) is 5.24. The van der Waals surface area contributed by atoms with Crippen molar-refractivity contribution in [2.75, 3.05) is 0 Å². The number of hydrogen-bond donors (Lipinski definition) is 0. The van der Waals surface area contributed by atoms with Gasteiger partial charge in [-0.3, -0.25) is 0 Å². The van der Waals surface area contributed by atoms with Crippen LogP contribution >= 0.6 is 0 Å². The molecule has 0 radical (unpaired) electrons. The van der Waals surface area contributed by atoms with Gasteiger partial charge in [0.1, 0.15) is 12.7 Å². The predicted molar refractivity (Wildman–Crippen MR) is 88.1 cm³/mol. The third kappa shape index (κ3) is 2.76. The SMILES string of the molecule is c1ccc(-c2nn(-c3ccccc3)cc2Cn2cncn2)cc1. The monoisotopic (exact) mass is 301 g/mol. The molecule has 2 aromatic carbocycles. The van der Waals surface area contributed by atoms with E-state index in [1.165, 1.54) is 0 Å². The third-order valence-corrected chi connectivity index (χ3v) is 3.66. The Hall–Kier alpha value is -3.21. The summed E-state index contributed by atoms with van der Waals surface area (Å²) in [6.07, 6.45) is 5.32. The van der Waals surface area contributed by atoms with Gasteiger partial charge in [-0.2, -0.15) is 10.2 Å². The summed E-state index contributed by atoms with van der Waals surface area (Å²) in [6.45, 7) is 0.636. The summed E-state index contributed by atoms with van der Waals surface area (Å²) in [5.41, 5.74) is 4.20. The largest absolute Gasteiger partial charge is 0.248 e. The minimum absolute atomic E-state index is 0.636. The van der Waals surface area contributed by atoms with Gasteiger partial charge in [-0.05, 0) is 12.1 Å². The summed E-state index contributed by atoms with van der Waals surface area (Å²) >= 11 is 0. The molecule has 0 N–H and O–H groups in total. The Labute approximate surface area is 133 Å². The van der Waals surface area contributed by atoms with Crippen molar-refractivity contribution >= 4 is 0 Å². The van der Waals surface area contributed by atoms with Crippen molar-refractivity contribution in [3.05, 3.63) is 85.1 Å². The zero-order chi connectivity index (χ0) is 15.5. The molecule has 5 nitrogen and oxygen atoms in total. The Morgan fingerprint density at radius 2 is 1.61 bits per heavy atom. The van der Waals surface area contributed by atoms with Gasteiger partial charge >= 0.3 is 0 Å². The van der Waals surface area contributed by atoms with Crippen LogP contribution in [-0.2, 0) is 6.54 Å². The first-order valence-corrected chi connectivity index (χ1v) is 7.42. The topological polar surface area (TPSA) is 48.5 Å². The molecule has 0 atom stereocenters. The number of para-hydroxylation sites is 1. The van der Waals surface area contributed by atoms with Crippen molar-refractivity contribution < 1.29 is 0 Å². The highest BCUT2D eigenvalue weighted by Gasteiger charge is 2.12. The highest BCUT2D eigenvalue weighted by atomic mass is 15.3. The van der Waals surface area contributed by atoms with Crippen LogP contribution in [-0.4, -0.2) is 24.5 Å². The minimum atomic E-state index is 0.636. The summed E-state index contributed by atoms with van der Waals surface area (Å²) < 4.78 is 3.72. The molecule has 0 bridgehead atoms. The van der Waals surface area contributed by atoms with Crippen LogP contribution in [0.1, 0.15) is 5.56 Å². The van der Waals surface area contributed by atoms with Gasteiger partial charge in [0.05, 0.1) is 17.9 Å². The molecule has 5 heteroatoms. The summed E-state index contributed by atoms with van der Waals surface area (Å²) in [5.74, 6) is 0. The standard InChI is InChI=1S/C18H15N5/c1-3-7-15(8-4-1)18-16(11-22-14-19-13-20-22)12-23(21-18)17-9-5-2-6-10-17/h1-10,12-14H,11H2. The Bertz CT molecular complexity index is 880. The van der Waals surface area contributed by atoms with E-state index in [0.29, 0.717) is 6.54 Å². The fourth-order valence-corrected chi connectivity index (χ4v) is 2.57. The van der Waals surface area contributed by atoms with Gasteiger partial charge in [-0.1, -0.05) is 48.5 Å². The molecule has 112 valence electrons. The molecule has 0 aliphatic rings. The average molecular weight is 301 g/mol. The summed E-state index contributed by atoms with van der Waals surface area (Å²) in [4.78, 5) is 4.01. The molecule has 2 heterocycles. The zero-order valence-corrected chi connectivity index (χ0v) is 12.4. The van der Waals surface area contributed by atoms with Gasteiger partial charge in [0, 0.05) is 17.3 Å². The van der Waals surface area contributed by atoms with E-state index in [9.17, 15) is 0 Å². The van der Waals surface area contributed by atoms with Crippen LogP contribution in [0.4, 0.5) is 0 Å². The fraction of sp³-hybridized carbons (Fsp3) is 0.0556. The third-order valence-electron chi connectivity index (χ3n) is 3.66. The van der Waals surface area contributed by atoms with Crippen LogP contribution in [0.2, 0.25) is 0 Å². The van der Waals surface area contributed by atoms with E-state index in [1.54, 1.807) is 17.3 Å². The lowest BCUT2D eigenvalue weighted by Crippen LogP contribution is -2.00. The molecule has 0 fully saturated rings. The molecular weight excluding hydrogens is 286 g/mol. The summed E-state index contributed by atoms with van der Waals surface area (Å²) in [7, 11) is 0. The normalized spacial score (nSPS) is 10.8. The van der Waals surface area contributed by atoms with Crippen LogP contribution in [0.3, 0.4) is 0 Å². The Kier molecular flexibility index (Phi) is 3.44. The lowest BCUT2D eigenvalue weighted by atomic mass is 10.1. The fourth-order valence-electron chi connectivity index (χ4n) is 2.57. The van der Waals surface area contributed by atoms with Gasteiger partial charge in [0.2, 0.25) is 0 Å². The number of benzene rings is 2. The van der Waals surface area contributed by atoms with E-state index in [4.69, 9.17) is 5.10 Å². The molecule has 0 aliphatic heterocycles. The van der Waals surface area contributed by atoms with E-state index in [-0.39, 0.29) is 0 Å². The molecule has 0 amide bonds. The van der Waals surface area contributed by atoms with Gasteiger partial charge in [-0.25, -0.2) is 14.3 Å². The van der Waals surface area contributed by atoms with E-state index in [2.05, 4.69) is 28.4 Å². The Balaban J connectivity index is 1.80. The van der Waals surface area contributed by atoms with Crippen molar-refractivity contribution in [2.45, 2.75) is 6.54 Å². The predicted octanol–water partition coefficient (Wildman–Crippen LogP) is 3.18. The van der Waals surface area contributed by atoms with Crippen molar-refractivity contribution in [3.63, 3.8) is 0 Å². The van der Waals surface area contributed by atoms with E-state index in [1.807, 2.05) is 53.2 Å². The van der Waals surface area contributed by atoms with Crippen molar-refractivity contribution in [2.24, 2.45) is 0 Å². The quantitative estimate of drug-likeness (QED) is 0.581. The van der Waals surface area contributed by atoms with Crippen molar-refractivity contribution in [1.82, 2.24) is 24.5 Å². The highest BCUT2D eigenvalue weighted by molar-refractivity contribution is 5.63. The van der Waals surface area contributed by atoms with Gasteiger partial charge in [0.25, 0.3) is 0 Å². The molecule has 0 unspecified atom stereocenters. The number of rotatable bonds is 4. The van der Waals surface area contributed by atoms with Crippen LogP contribution in [0.5, 0.6) is 0 Å². The molecule has 0 aliphatic carbocycles. The second-order valence-corrected chi connectivity index (χ2v) is 5.24. The molecule has 4 rings (SSSR count). The van der Waals surface area contributed by atoms with Crippen molar-refractivity contribution in [3.8, 4) is 16.9 Å². The molecule has 0 saturated carbocycles. The molecule has 4 aromatic rings. The number of aromatic nitrogens is 5. The number of hydrogen-bond acceptors (Lipinski definition) is 3. The van der Waals surface area contributed by atoms with E-state index < -0.39 is 0 Å². The zero-order valence-electron chi connectivity index (χ0n) is 12.4. The smallest absolute Gasteiger partial charge is 0.137 e. The molecule has 2 aromatic heterocycles. The summed E-state index contributed by atoms with van der Waals surface area (Å²) in [5, 5.41) is 8.98. The molecular formula is C18H15N5. The maximum atomic E-state index is 4.79. The lowest BCUT2D eigenvalue weighted by Gasteiger charge is -2.02. The first-order valence-electron chi connectivity index (χ1n) is 7.42. The maximum Gasteiger partial charge on any atom is 0.137 e. The average Bonchev–Trinajstić information content (AvgIpc) is 3.27. The van der Waals surface area contributed by atoms with Crippen LogP contribution < -0.4 is 0 Å². The first kappa shape index (κ1) is 13.5. The Morgan fingerprint density at radius 1 is 0.870 bits per heavy atom. The van der Waals surface area contributed by atoms with Crippen molar-refractivity contribution in [1.29, 1.82) is 0 Å². The van der Waals surface area contributed by atoms with Gasteiger partial charge in [0.15, 0.2) is 0 Å². The molecule has 23 heavy (non-hydrogen) atoms. The molecule has 0 spiro atoms. The Morgan fingerprint density at radius 3 is 2.30 bits per heavy atom. The highest BCUT2D eigenvalue weighted by Crippen LogP contribution is 2.24. The maximum absolute atomic E-state index is 4.79. The lowest BCUT2D eigenvalue weighted by molar-refractivity contribution is 0.685. The van der Waals surface area contributed by atoms with E-state index in [0.717, 1.165) is 22.5 Å².